The Kier molecular flexibility index (Phi) is 9.25. The molecule has 0 aromatic heterocycles. The van der Waals surface area contributed by atoms with E-state index in [0.717, 1.165) is 29.5 Å². The van der Waals surface area contributed by atoms with Crippen LogP contribution in [0.5, 0.6) is 11.5 Å². The number of hydrogen-bond acceptors (Lipinski definition) is 4. The lowest BCUT2D eigenvalue weighted by atomic mass is 9.89. The summed E-state index contributed by atoms with van der Waals surface area (Å²) in [6.07, 6.45) is 3.14. The SMILES string of the molecule is CCCc1cc(CC(C)C)c(CC(C)C)c(OC(=O)c2ccccc2)c1OC(=O)c1ccccc1. The second-order valence-corrected chi connectivity index (χ2v) is 9.79. The van der Waals surface area contributed by atoms with E-state index in [4.69, 9.17) is 9.47 Å². The van der Waals surface area contributed by atoms with Gasteiger partial charge in [-0.15, -0.1) is 0 Å². The quantitative estimate of drug-likeness (QED) is 0.227. The van der Waals surface area contributed by atoms with Gasteiger partial charge in [-0.2, -0.15) is 0 Å². The maximum Gasteiger partial charge on any atom is 0.343 e. The molecular formula is C31H36O4. The maximum atomic E-state index is 13.2. The van der Waals surface area contributed by atoms with Gasteiger partial charge >= 0.3 is 11.9 Å². The van der Waals surface area contributed by atoms with Gasteiger partial charge in [0.15, 0.2) is 11.5 Å². The average molecular weight is 473 g/mol. The van der Waals surface area contributed by atoms with Crippen LogP contribution in [0.2, 0.25) is 0 Å². The number of rotatable bonds is 10. The van der Waals surface area contributed by atoms with Gasteiger partial charge in [0.2, 0.25) is 0 Å². The normalized spacial score (nSPS) is 11.1. The summed E-state index contributed by atoms with van der Waals surface area (Å²) in [5.41, 5.74) is 3.87. The lowest BCUT2D eigenvalue weighted by Gasteiger charge is -2.23. The summed E-state index contributed by atoms with van der Waals surface area (Å²) in [7, 11) is 0. The average Bonchev–Trinajstić information content (AvgIpc) is 2.84. The molecule has 0 spiro atoms. The molecule has 184 valence electrons. The second-order valence-electron chi connectivity index (χ2n) is 9.79. The fraction of sp³-hybridized carbons (Fsp3) is 0.355. The molecule has 3 rings (SSSR count). The van der Waals surface area contributed by atoms with Crippen LogP contribution in [0, 0.1) is 11.8 Å². The molecule has 0 atom stereocenters. The third kappa shape index (κ3) is 7.05. The van der Waals surface area contributed by atoms with E-state index in [2.05, 4.69) is 40.7 Å². The van der Waals surface area contributed by atoms with Gasteiger partial charge in [0.1, 0.15) is 0 Å². The fourth-order valence-corrected chi connectivity index (χ4v) is 4.17. The number of carbonyl (C=O) groups is 2. The molecule has 3 aromatic rings. The van der Waals surface area contributed by atoms with E-state index >= 15 is 0 Å². The number of hydrogen-bond donors (Lipinski definition) is 0. The highest BCUT2D eigenvalue weighted by molar-refractivity contribution is 5.93. The molecular weight excluding hydrogens is 436 g/mol. The minimum absolute atomic E-state index is 0.324. The van der Waals surface area contributed by atoms with Crippen molar-refractivity contribution in [1.82, 2.24) is 0 Å². The predicted molar refractivity (Wildman–Crippen MR) is 140 cm³/mol. The van der Waals surface area contributed by atoms with Crippen molar-refractivity contribution in [3.63, 3.8) is 0 Å². The van der Waals surface area contributed by atoms with Crippen LogP contribution in [0.4, 0.5) is 0 Å². The summed E-state index contributed by atoms with van der Waals surface area (Å²) in [6, 6.07) is 20.0. The summed E-state index contributed by atoms with van der Waals surface area (Å²) in [5, 5.41) is 0. The van der Waals surface area contributed by atoms with Crippen molar-refractivity contribution in [1.29, 1.82) is 0 Å². The zero-order valence-corrected chi connectivity index (χ0v) is 21.5. The molecule has 0 unspecified atom stereocenters. The van der Waals surface area contributed by atoms with E-state index in [0.29, 0.717) is 47.3 Å². The first kappa shape index (κ1) is 26.2. The summed E-state index contributed by atoms with van der Waals surface area (Å²) in [4.78, 5) is 26.3. The molecule has 0 amide bonds. The van der Waals surface area contributed by atoms with Crippen molar-refractivity contribution in [2.75, 3.05) is 0 Å². The monoisotopic (exact) mass is 472 g/mol. The lowest BCUT2D eigenvalue weighted by molar-refractivity contribution is 0.0679. The first-order valence-electron chi connectivity index (χ1n) is 12.5. The molecule has 0 saturated carbocycles. The lowest BCUT2D eigenvalue weighted by Crippen LogP contribution is -2.17. The topological polar surface area (TPSA) is 52.6 Å². The maximum absolute atomic E-state index is 13.2. The highest BCUT2D eigenvalue weighted by atomic mass is 16.6. The van der Waals surface area contributed by atoms with E-state index in [-0.39, 0.29) is 0 Å². The minimum Gasteiger partial charge on any atom is -0.419 e. The van der Waals surface area contributed by atoms with Gasteiger partial charge in [-0.05, 0) is 66.5 Å². The highest BCUT2D eigenvalue weighted by Crippen LogP contribution is 2.41. The van der Waals surface area contributed by atoms with Crippen LogP contribution in [0.15, 0.2) is 66.7 Å². The van der Waals surface area contributed by atoms with Crippen LogP contribution in [0.25, 0.3) is 0 Å². The Bertz CT molecular complexity index is 1130. The van der Waals surface area contributed by atoms with Gasteiger partial charge in [0, 0.05) is 5.56 Å². The standard InChI is InChI=1S/C31H36O4/c1-6-13-25-20-26(18-21(2)3)27(19-22(4)5)29(35-31(33)24-16-11-8-12-17-24)28(25)34-30(32)23-14-9-7-10-15-23/h7-12,14-17,20-22H,6,13,18-19H2,1-5H3. The Morgan fingerprint density at radius 1 is 0.686 bits per heavy atom. The number of benzene rings is 3. The molecule has 0 aliphatic heterocycles. The van der Waals surface area contributed by atoms with Crippen LogP contribution in [-0.2, 0) is 19.3 Å². The van der Waals surface area contributed by atoms with E-state index in [1.165, 1.54) is 0 Å². The molecule has 0 fully saturated rings. The van der Waals surface area contributed by atoms with Crippen molar-refractivity contribution in [2.45, 2.75) is 60.3 Å². The zero-order chi connectivity index (χ0) is 25.4. The molecule has 0 N–H and O–H groups in total. The Balaban J connectivity index is 2.19. The third-order valence-electron chi connectivity index (χ3n) is 5.68. The van der Waals surface area contributed by atoms with Crippen LogP contribution in [-0.4, -0.2) is 11.9 Å². The fourth-order valence-electron chi connectivity index (χ4n) is 4.17. The second kappa shape index (κ2) is 12.3. The van der Waals surface area contributed by atoms with Gasteiger partial charge < -0.3 is 9.47 Å². The van der Waals surface area contributed by atoms with Crippen LogP contribution in [0.1, 0.15) is 78.4 Å². The molecule has 0 saturated heterocycles. The molecule has 4 heteroatoms. The van der Waals surface area contributed by atoms with Gasteiger partial charge in [-0.3, -0.25) is 0 Å². The zero-order valence-electron chi connectivity index (χ0n) is 21.5. The first-order valence-corrected chi connectivity index (χ1v) is 12.5. The molecule has 3 aromatic carbocycles. The van der Waals surface area contributed by atoms with Gasteiger partial charge in [-0.25, -0.2) is 9.59 Å². The molecule has 4 nitrogen and oxygen atoms in total. The molecule has 0 aliphatic rings. The Morgan fingerprint density at radius 3 is 1.63 bits per heavy atom. The largest absolute Gasteiger partial charge is 0.419 e. The number of esters is 2. The Hall–Kier alpha value is -3.40. The van der Waals surface area contributed by atoms with Crippen molar-refractivity contribution in [3.8, 4) is 11.5 Å². The van der Waals surface area contributed by atoms with Crippen LogP contribution >= 0.6 is 0 Å². The number of carbonyl (C=O) groups excluding carboxylic acids is 2. The first-order chi connectivity index (χ1) is 16.8. The van der Waals surface area contributed by atoms with Crippen LogP contribution in [0.3, 0.4) is 0 Å². The van der Waals surface area contributed by atoms with Crippen LogP contribution < -0.4 is 9.47 Å². The summed E-state index contributed by atoms with van der Waals surface area (Å²) >= 11 is 0. The third-order valence-corrected chi connectivity index (χ3v) is 5.68. The molecule has 35 heavy (non-hydrogen) atoms. The van der Waals surface area contributed by atoms with Gasteiger partial charge in [-0.1, -0.05) is 83.5 Å². The van der Waals surface area contributed by atoms with Gasteiger partial charge in [0.25, 0.3) is 0 Å². The highest BCUT2D eigenvalue weighted by Gasteiger charge is 2.26. The Morgan fingerprint density at radius 2 is 1.17 bits per heavy atom. The molecule has 0 aliphatic carbocycles. The van der Waals surface area contributed by atoms with Crippen molar-refractivity contribution >= 4 is 11.9 Å². The summed E-state index contributed by atoms with van der Waals surface area (Å²) in [6.45, 7) is 10.7. The Labute approximate surface area is 209 Å². The van der Waals surface area contributed by atoms with Gasteiger partial charge in [0.05, 0.1) is 11.1 Å². The number of aryl methyl sites for hydroxylation is 1. The summed E-state index contributed by atoms with van der Waals surface area (Å²) in [5.74, 6) is 0.547. The smallest absolute Gasteiger partial charge is 0.343 e. The van der Waals surface area contributed by atoms with E-state index in [1.54, 1.807) is 48.5 Å². The predicted octanol–water partition coefficient (Wildman–Crippen LogP) is 7.47. The van der Waals surface area contributed by atoms with E-state index in [9.17, 15) is 9.59 Å². The van der Waals surface area contributed by atoms with Crippen molar-refractivity contribution in [2.24, 2.45) is 11.8 Å². The summed E-state index contributed by atoms with van der Waals surface area (Å²) < 4.78 is 12.1. The molecule has 0 radical (unpaired) electrons. The van der Waals surface area contributed by atoms with Crippen molar-refractivity contribution in [3.05, 3.63) is 94.5 Å². The van der Waals surface area contributed by atoms with E-state index in [1.807, 2.05) is 12.1 Å². The molecule has 0 bridgehead atoms. The minimum atomic E-state index is -0.466. The number of ether oxygens (including phenoxy) is 2. The van der Waals surface area contributed by atoms with E-state index < -0.39 is 11.9 Å². The molecule has 0 heterocycles. The van der Waals surface area contributed by atoms with Crippen molar-refractivity contribution < 1.29 is 19.1 Å².